The summed E-state index contributed by atoms with van der Waals surface area (Å²) in [4.78, 5) is 15.7. The third-order valence-corrected chi connectivity index (χ3v) is 7.90. The molecule has 1 aliphatic heterocycles. The van der Waals surface area contributed by atoms with Gasteiger partial charge in [-0.2, -0.15) is 4.73 Å². The number of fused-ring (bicyclic) bond motifs is 2. The van der Waals surface area contributed by atoms with Crippen LogP contribution in [0.3, 0.4) is 0 Å². The number of halogens is 1. The van der Waals surface area contributed by atoms with Crippen molar-refractivity contribution in [1.29, 1.82) is 0 Å². The number of carbonyl (C=O) groups excluding carboxylic acids is 1. The summed E-state index contributed by atoms with van der Waals surface area (Å²) in [5.74, 6) is 0.371. The molecule has 0 fully saturated rings. The highest BCUT2D eigenvalue weighted by molar-refractivity contribution is 6.31. The first kappa shape index (κ1) is 25.2. The van der Waals surface area contributed by atoms with E-state index < -0.39 is 5.60 Å². The minimum Gasteiger partial charge on any atom is -0.619 e. The van der Waals surface area contributed by atoms with Crippen LogP contribution in [-0.2, 0) is 23.2 Å². The highest BCUT2D eigenvalue weighted by atomic mass is 35.5. The molecule has 2 unspecified atom stereocenters. The van der Waals surface area contributed by atoms with E-state index in [1.807, 2.05) is 65.6 Å². The van der Waals surface area contributed by atoms with Crippen molar-refractivity contribution >= 4 is 28.5 Å². The van der Waals surface area contributed by atoms with Crippen LogP contribution in [0.5, 0.6) is 0 Å². The van der Waals surface area contributed by atoms with Crippen LogP contribution < -0.4 is 4.73 Å². The van der Waals surface area contributed by atoms with Crippen LogP contribution in [0.1, 0.15) is 46.5 Å². The van der Waals surface area contributed by atoms with E-state index in [1.54, 1.807) is 25.1 Å². The molecule has 0 bridgehead atoms. The first-order valence-corrected chi connectivity index (χ1v) is 13.3. The first-order chi connectivity index (χ1) is 18.8. The molecule has 39 heavy (non-hydrogen) atoms. The lowest BCUT2D eigenvalue weighted by atomic mass is 9.87. The van der Waals surface area contributed by atoms with Gasteiger partial charge in [0.25, 0.3) is 0 Å². The Bertz CT molecular complexity index is 1660. The maximum atomic E-state index is 13.8. The number of aromatic nitrogens is 1. The molecule has 6 rings (SSSR count). The molecule has 7 heteroatoms. The van der Waals surface area contributed by atoms with E-state index in [4.69, 9.17) is 16.0 Å². The van der Waals surface area contributed by atoms with Crippen LogP contribution in [0, 0.1) is 5.21 Å². The average molecular weight is 539 g/mol. The molecular weight excluding hydrogens is 512 g/mol. The molecule has 2 aromatic heterocycles. The molecule has 1 N–H and O–H groups in total. The van der Waals surface area contributed by atoms with Crippen LogP contribution >= 0.6 is 11.6 Å². The van der Waals surface area contributed by atoms with E-state index >= 15 is 0 Å². The number of hydrogen-bond acceptors (Lipinski definition) is 4. The number of furan rings is 1. The largest absolute Gasteiger partial charge is 0.619 e. The molecule has 3 aromatic carbocycles. The SMILES string of the molecule is CC(O)(c1cc[n+]([O-])cc1)c1cc2cc(CC(=O)N3CCc4cccc(Cl)c4C3c3ccccc3)ccc2o1. The van der Waals surface area contributed by atoms with Crippen LogP contribution in [0.25, 0.3) is 11.0 Å². The zero-order chi connectivity index (χ0) is 27.1. The van der Waals surface area contributed by atoms with Crippen LogP contribution in [0.15, 0.2) is 102 Å². The molecule has 0 spiro atoms. The Hall–Kier alpha value is -4.13. The maximum absolute atomic E-state index is 13.8. The van der Waals surface area contributed by atoms with Gasteiger partial charge in [-0.05, 0) is 54.3 Å². The number of amides is 1. The smallest absolute Gasteiger partial charge is 0.227 e. The van der Waals surface area contributed by atoms with Gasteiger partial charge in [0, 0.05) is 40.2 Å². The fourth-order valence-corrected chi connectivity index (χ4v) is 5.78. The normalized spacial score (nSPS) is 16.6. The molecular formula is C32H27ClN2O4. The molecule has 3 heterocycles. The molecule has 0 radical (unpaired) electrons. The number of aliphatic hydroxyl groups is 1. The first-order valence-electron chi connectivity index (χ1n) is 12.9. The highest BCUT2D eigenvalue weighted by Crippen LogP contribution is 2.40. The Morgan fingerprint density at radius 2 is 1.85 bits per heavy atom. The van der Waals surface area contributed by atoms with Crippen molar-refractivity contribution in [1.82, 2.24) is 4.90 Å². The van der Waals surface area contributed by atoms with E-state index in [-0.39, 0.29) is 18.4 Å². The fourth-order valence-electron chi connectivity index (χ4n) is 5.48. The second-order valence-electron chi connectivity index (χ2n) is 10.1. The summed E-state index contributed by atoms with van der Waals surface area (Å²) in [5.41, 5.74) is 3.77. The Morgan fingerprint density at radius 3 is 2.62 bits per heavy atom. The summed E-state index contributed by atoms with van der Waals surface area (Å²) in [6.07, 6.45) is 3.64. The van der Waals surface area contributed by atoms with Crippen LogP contribution in [0.4, 0.5) is 0 Å². The minimum absolute atomic E-state index is 0.0136. The topological polar surface area (TPSA) is 80.6 Å². The summed E-state index contributed by atoms with van der Waals surface area (Å²) in [6.45, 7) is 2.23. The summed E-state index contributed by atoms with van der Waals surface area (Å²) in [7, 11) is 0. The molecule has 1 aliphatic rings. The molecule has 0 saturated carbocycles. The Morgan fingerprint density at radius 1 is 1.08 bits per heavy atom. The lowest BCUT2D eigenvalue weighted by molar-refractivity contribution is -0.605. The Labute approximate surface area is 231 Å². The summed E-state index contributed by atoms with van der Waals surface area (Å²) in [5, 5.41) is 24.1. The summed E-state index contributed by atoms with van der Waals surface area (Å²) in [6, 6.07) is 26.2. The number of rotatable bonds is 5. The van der Waals surface area contributed by atoms with Crippen molar-refractivity contribution in [3.8, 4) is 0 Å². The third kappa shape index (κ3) is 4.67. The number of pyridine rings is 1. The monoisotopic (exact) mass is 538 g/mol. The van der Waals surface area contributed by atoms with E-state index in [0.29, 0.717) is 33.2 Å². The molecule has 196 valence electrons. The molecule has 0 aliphatic carbocycles. The predicted molar refractivity (Wildman–Crippen MR) is 149 cm³/mol. The lowest BCUT2D eigenvalue weighted by Gasteiger charge is -2.38. The molecule has 5 aromatic rings. The standard InChI is InChI=1S/C32H27ClN2O4/c1-32(37,25-13-15-34(38)16-14-25)28-20-24-18-21(10-11-27(24)39-28)19-29(36)35-17-12-22-8-5-9-26(33)30(22)31(35)23-6-3-2-4-7-23/h2-11,13-16,18,20,31,37H,12,17,19H2,1H3. The number of benzene rings is 3. The second kappa shape index (κ2) is 9.88. The number of nitrogens with zero attached hydrogens (tertiary/aromatic N) is 2. The second-order valence-corrected chi connectivity index (χ2v) is 10.5. The van der Waals surface area contributed by atoms with Crippen molar-refractivity contribution in [3.05, 3.63) is 141 Å². The molecule has 1 amide bonds. The quantitative estimate of drug-likeness (QED) is 0.230. The van der Waals surface area contributed by atoms with Crippen molar-refractivity contribution in [2.75, 3.05) is 6.54 Å². The zero-order valence-electron chi connectivity index (χ0n) is 21.4. The van der Waals surface area contributed by atoms with Crippen molar-refractivity contribution in [2.45, 2.75) is 31.4 Å². The summed E-state index contributed by atoms with van der Waals surface area (Å²) < 4.78 is 6.64. The minimum atomic E-state index is -1.42. The van der Waals surface area contributed by atoms with Crippen molar-refractivity contribution in [3.63, 3.8) is 0 Å². The number of carbonyl (C=O) groups is 1. The fraction of sp³-hybridized carbons (Fsp3) is 0.188. The van der Waals surface area contributed by atoms with Crippen molar-refractivity contribution < 1.29 is 19.0 Å². The summed E-state index contributed by atoms with van der Waals surface area (Å²) >= 11 is 6.69. The highest BCUT2D eigenvalue weighted by Gasteiger charge is 2.34. The van der Waals surface area contributed by atoms with Gasteiger partial charge in [-0.1, -0.05) is 60.1 Å². The molecule has 6 nitrogen and oxygen atoms in total. The van der Waals surface area contributed by atoms with Gasteiger partial charge < -0.3 is 19.6 Å². The van der Waals surface area contributed by atoms with Gasteiger partial charge in [-0.3, -0.25) is 4.79 Å². The van der Waals surface area contributed by atoms with Gasteiger partial charge in [0.15, 0.2) is 12.4 Å². The van der Waals surface area contributed by atoms with Gasteiger partial charge in [-0.25, -0.2) is 0 Å². The lowest BCUT2D eigenvalue weighted by Crippen LogP contribution is -2.41. The molecule has 2 atom stereocenters. The van der Waals surface area contributed by atoms with Gasteiger partial charge in [-0.15, -0.1) is 0 Å². The van der Waals surface area contributed by atoms with Crippen molar-refractivity contribution in [2.24, 2.45) is 0 Å². The van der Waals surface area contributed by atoms with Gasteiger partial charge in [0.05, 0.1) is 12.5 Å². The van der Waals surface area contributed by atoms with Gasteiger partial charge in [0.2, 0.25) is 5.91 Å². The predicted octanol–water partition coefficient (Wildman–Crippen LogP) is 5.69. The van der Waals surface area contributed by atoms with E-state index in [9.17, 15) is 15.1 Å². The average Bonchev–Trinajstić information content (AvgIpc) is 3.38. The maximum Gasteiger partial charge on any atom is 0.227 e. The van der Waals surface area contributed by atoms with Gasteiger partial charge >= 0.3 is 0 Å². The van der Waals surface area contributed by atoms with Crippen LogP contribution in [0.2, 0.25) is 5.02 Å². The zero-order valence-corrected chi connectivity index (χ0v) is 22.1. The van der Waals surface area contributed by atoms with E-state index in [2.05, 4.69) is 6.07 Å². The third-order valence-electron chi connectivity index (χ3n) is 7.57. The van der Waals surface area contributed by atoms with E-state index in [1.165, 1.54) is 18.0 Å². The number of hydrogen-bond donors (Lipinski definition) is 1. The van der Waals surface area contributed by atoms with Crippen LogP contribution in [-0.4, -0.2) is 22.5 Å². The Balaban J connectivity index is 1.29. The van der Waals surface area contributed by atoms with E-state index in [0.717, 1.165) is 28.5 Å². The Kier molecular flexibility index (Phi) is 6.37. The molecule has 0 saturated heterocycles. The van der Waals surface area contributed by atoms with Gasteiger partial charge in [0.1, 0.15) is 16.9 Å².